The van der Waals surface area contributed by atoms with Crippen LogP contribution < -0.4 is 5.73 Å². The van der Waals surface area contributed by atoms with Crippen molar-refractivity contribution in [2.75, 3.05) is 13.1 Å². The van der Waals surface area contributed by atoms with Crippen LogP contribution in [-0.4, -0.2) is 57.9 Å². The average Bonchev–Trinajstić information content (AvgIpc) is 3.19. The van der Waals surface area contributed by atoms with Gasteiger partial charge in [-0.15, -0.1) is 0 Å². The minimum absolute atomic E-state index is 0.0292. The van der Waals surface area contributed by atoms with Gasteiger partial charge in [0.25, 0.3) is 0 Å². The molecule has 3 N–H and O–H groups in total. The Morgan fingerprint density at radius 3 is 2.38 bits per heavy atom. The first kappa shape index (κ1) is 21.6. The average molecular weight is 402 g/mol. The van der Waals surface area contributed by atoms with Gasteiger partial charge in [0.2, 0.25) is 11.8 Å². The highest BCUT2D eigenvalue weighted by molar-refractivity contribution is 5.83. The van der Waals surface area contributed by atoms with Gasteiger partial charge in [-0.2, -0.15) is 0 Å². The number of nitrogens with two attached hydrogens (primary N) is 1. The SMILES string of the molecule is CC(C)C(=O)N(C1CCCCC1)C1CCN(C(=O)C(N)Cc2ccc(O)cc2)C1. The molecule has 6 nitrogen and oxygen atoms in total. The molecule has 0 bridgehead atoms. The van der Waals surface area contributed by atoms with Gasteiger partial charge in [0.1, 0.15) is 5.75 Å². The van der Waals surface area contributed by atoms with E-state index >= 15 is 0 Å². The summed E-state index contributed by atoms with van der Waals surface area (Å²) >= 11 is 0. The molecule has 0 aromatic heterocycles. The number of nitrogens with zero attached hydrogens (tertiary/aromatic N) is 2. The van der Waals surface area contributed by atoms with Crippen LogP contribution in [0.2, 0.25) is 0 Å². The van der Waals surface area contributed by atoms with E-state index in [1.54, 1.807) is 24.3 Å². The molecule has 1 saturated heterocycles. The molecule has 1 saturated carbocycles. The fraction of sp³-hybridized carbons (Fsp3) is 0.652. The van der Waals surface area contributed by atoms with Crippen LogP contribution in [0.25, 0.3) is 0 Å². The fourth-order valence-corrected chi connectivity index (χ4v) is 4.69. The minimum Gasteiger partial charge on any atom is -0.508 e. The van der Waals surface area contributed by atoms with Crippen molar-refractivity contribution in [2.24, 2.45) is 11.7 Å². The van der Waals surface area contributed by atoms with E-state index in [1.807, 2.05) is 18.7 Å². The Labute approximate surface area is 174 Å². The summed E-state index contributed by atoms with van der Waals surface area (Å²) in [5, 5.41) is 9.41. The third-order valence-electron chi connectivity index (χ3n) is 6.29. The first-order chi connectivity index (χ1) is 13.9. The normalized spacial score (nSPS) is 21.4. The lowest BCUT2D eigenvalue weighted by Crippen LogP contribution is -2.51. The fourth-order valence-electron chi connectivity index (χ4n) is 4.69. The Morgan fingerprint density at radius 1 is 1.10 bits per heavy atom. The first-order valence-electron chi connectivity index (χ1n) is 11.0. The topological polar surface area (TPSA) is 86.9 Å². The van der Waals surface area contributed by atoms with Crippen molar-refractivity contribution in [3.8, 4) is 5.75 Å². The van der Waals surface area contributed by atoms with Gasteiger partial charge in [-0.3, -0.25) is 9.59 Å². The van der Waals surface area contributed by atoms with Gasteiger partial charge in [0, 0.05) is 25.0 Å². The third kappa shape index (κ3) is 5.30. The summed E-state index contributed by atoms with van der Waals surface area (Å²) in [6.07, 6.45) is 7.02. The van der Waals surface area contributed by atoms with Crippen molar-refractivity contribution in [3.05, 3.63) is 29.8 Å². The monoisotopic (exact) mass is 401 g/mol. The molecular weight excluding hydrogens is 366 g/mol. The zero-order valence-electron chi connectivity index (χ0n) is 17.7. The molecule has 1 aliphatic heterocycles. The Morgan fingerprint density at radius 2 is 1.76 bits per heavy atom. The van der Waals surface area contributed by atoms with Crippen molar-refractivity contribution in [3.63, 3.8) is 0 Å². The van der Waals surface area contributed by atoms with Gasteiger partial charge in [0.15, 0.2) is 0 Å². The van der Waals surface area contributed by atoms with Gasteiger partial charge in [-0.25, -0.2) is 0 Å². The van der Waals surface area contributed by atoms with Crippen LogP contribution >= 0.6 is 0 Å². The molecule has 160 valence electrons. The predicted molar refractivity (Wildman–Crippen MR) is 113 cm³/mol. The molecule has 1 heterocycles. The second kappa shape index (κ2) is 9.61. The summed E-state index contributed by atoms with van der Waals surface area (Å²) in [4.78, 5) is 29.8. The summed E-state index contributed by atoms with van der Waals surface area (Å²) in [7, 11) is 0. The van der Waals surface area contributed by atoms with E-state index in [4.69, 9.17) is 5.73 Å². The van der Waals surface area contributed by atoms with E-state index in [1.165, 1.54) is 19.3 Å². The highest BCUT2D eigenvalue weighted by Gasteiger charge is 2.38. The van der Waals surface area contributed by atoms with E-state index in [0.29, 0.717) is 25.6 Å². The van der Waals surface area contributed by atoms with E-state index in [9.17, 15) is 14.7 Å². The highest BCUT2D eigenvalue weighted by Crippen LogP contribution is 2.29. The molecule has 29 heavy (non-hydrogen) atoms. The number of rotatable bonds is 6. The summed E-state index contributed by atoms with van der Waals surface area (Å²) in [6, 6.07) is 6.60. The maximum absolute atomic E-state index is 13.0. The van der Waals surface area contributed by atoms with Gasteiger partial charge >= 0.3 is 0 Å². The van der Waals surface area contributed by atoms with E-state index < -0.39 is 6.04 Å². The Hall–Kier alpha value is -2.08. The van der Waals surface area contributed by atoms with Gasteiger partial charge in [-0.05, 0) is 43.4 Å². The molecular formula is C23H35N3O3. The van der Waals surface area contributed by atoms with Crippen LogP contribution in [0.3, 0.4) is 0 Å². The predicted octanol–water partition coefficient (Wildman–Crippen LogP) is 2.68. The van der Waals surface area contributed by atoms with E-state index in [-0.39, 0.29) is 29.5 Å². The zero-order valence-corrected chi connectivity index (χ0v) is 17.7. The minimum atomic E-state index is -0.609. The summed E-state index contributed by atoms with van der Waals surface area (Å²) in [5.41, 5.74) is 7.13. The van der Waals surface area contributed by atoms with E-state index in [0.717, 1.165) is 24.8 Å². The number of hydrogen-bond acceptors (Lipinski definition) is 4. The molecule has 1 aromatic carbocycles. The van der Waals surface area contributed by atoms with Gasteiger partial charge < -0.3 is 20.6 Å². The van der Waals surface area contributed by atoms with Crippen LogP contribution in [0.1, 0.15) is 57.9 Å². The quantitative estimate of drug-likeness (QED) is 0.767. The number of phenols is 1. The molecule has 2 fully saturated rings. The van der Waals surface area contributed by atoms with Crippen molar-refractivity contribution < 1.29 is 14.7 Å². The maximum Gasteiger partial charge on any atom is 0.239 e. The first-order valence-corrected chi connectivity index (χ1v) is 11.0. The second-order valence-corrected chi connectivity index (χ2v) is 8.90. The number of aromatic hydroxyl groups is 1. The third-order valence-corrected chi connectivity index (χ3v) is 6.29. The number of carbonyl (C=O) groups is 2. The highest BCUT2D eigenvalue weighted by atomic mass is 16.3. The number of likely N-dealkylation sites (tertiary alicyclic amines) is 1. The van der Waals surface area contributed by atoms with Gasteiger partial charge in [-0.1, -0.05) is 45.2 Å². The molecule has 2 aliphatic rings. The van der Waals surface area contributed by atoms with Crippen LogP contribution in [0.4, 0.5) is 0 Å². The zero-order chi connectivity index (χ0) is 21.0. The van der Waals surface area contributed by atoms with Crippen LogP contribution in [-0.2, 0) is 16.0 Å². The Kier molecular flexibility index (Phi) is 7.17. The van der Waals surface area contributed by atoms with Crippen LogP contribution in [0.5, 0.6) is 5.75 Å². The Bertz CT molecular complexity index is 698. The number of phenolic OH excluding ortho intramolecular Hbond substituents is 1. The number of hydrogen-bond donors (Lipinski definition) is 2. The smallest absolute Gasteiger partial charge is 0.239 e. The molecule has 1 aliphatic carbocycles. The van der Waals surface area contributed by atoms with Crippen molar-refractivity contribution in [1.29, 1.82) is 0 Å². The lowest BCUT2D eigenvalue weighted by Gasteiger charge is -2.39. The molecule has 0 radical (unpaired) electrons. The lowest BCUT2D eigenvalue weighted by atomic mass is 9.92. The number of amides is 2. The standard InChI is InChI=1S/C23H35N3O3/c1-16(2)22(28)26(18-6-4-3-5-7-18)19-12-13-25(15-19)23(29)21(24)14-17-8-10-20(27)11-9-17/h8-11,16,18-19,21,27H,3-7,12-15,24H2,1-2H3. The molecule has 2 atom stereocenters. The maximum atomic E-state index is 13.0. The second-order valence-electron chi connectivity index (χ2n) is 8.90. The lowest BCUT2D eigenvalue weighted by molar-refractivity contribution is -0.141. The number of benzene rings is 1. The number of carbonyl (C=O) groups excluding carboxylic acids is 2. The van der Waals surface area contributed by atoms with Crippen molar-refractivity contribution in [1.82, 2.24) is 9.80 Å². The summed E-state index contributed by atoms with van der Waals surface area (Å²) in [5.74, 6) is 0.331. The molecule has 2 unspecified atom stereocenters. The molecule has 3 rings (SSSR count). The van der Waals surface area contributed by atoms with Crippen molar-refractivity contribution in [2.45, 2.75) is 76.9 Å². The van der Waals surface area contributed by atoms with Crippen LogP contribution in [0, 0.1) is 5.92 Å². The molecule has 6 heteroatoms. The van der Waals surface area contributed by atoms with E-state index in [2.05, 4.69) is 4.90 Å². The van der Waals surface area contributed by atoms with Crippen molar-refractivity contribution >= 4 is 11.8 Å². The summed E-state index contributed by atoms with van der Waals surface area (Å²) in [6.45, 7) is 5.16. The van der Waals surface area contributed by atoms with Gasteiger partial charge in [0.05, 0.1) is 12.1 Å². The van der Waals surface area contributed by atoms with Crippen LogP contribution in [0.15, 0.2) is 24.3 Å². The summed E-state index contributed by atoms with van der Waals surface area (Å²) < 4.78 is 0. The molecule has 0 spiro atoms. The molecule has 2 amide bonds. The Balaban J connectivity index is 1.63. The molecule has 1 aromatic rings. The largest absolute Gasteiger partial charge is 0.508 e.